The molecular formula is C27H49ClN4O. The van der Waals surface area contributed by atoms with Crippen LogP contribution in [0.15, 0.2) is 0 Å². The first-order chi connectivity index (χ1) is 15.7. The van der Waals surface area contributed by atoms with E-state index in [4.69, 9.17) is 11.6 Å². The number of alkyl halides is 1. The first-order valence-electron chi connectivity index (χ1n) is 13.9. The van der Waals surface area contributed by atoms with Crippen molar-refractivity contribution in [3.05, 3.63) is 0 Å². The van der Waals surface area contributed by atoms with Crippen molar-refractivity contribution in [1.29, 1.82) is 0 Å². The molecule has 3 aliphatic heterocycles. The molecule has 0 spiro atoms. The molecule has 4 rings (SSSR count). The second-order valence-corrected chi connectivity index (χ2v) is 13.3. The van der Waals surface area contributed by atoms with Gasteiger partial charge in [0, 0.05) is 30.6 Å². The molecule has 0 aromatic heterocycles. The van der Waals surface area contributed by atoms with Gasteiger partial charge in [0.05, 0.1) is 6.04 Å². The highest BCUT2D eigenvalue weighted by molar-refractivity contribution is 6.20. The Bertz CT molecular complexity index is 648. The number of amides is 1. The molecule has 5 atom stereocenters. The van der Waals surface area contributed by atoms with E-state index in [0.29, 0.717) is 28.7 Å². The molecule has 33 heavy (non-hydrogen) atoms. The fraction of sp³-hybridized carbons (Fsp3) is 0.963. The van der Waals surface area contributed by atoms with Crippen molar-refractivity contribution in [2.24, 2.45) is 29.1 Å². The maximum Gasteiger partial charge on any atom is 0.237 e. The summed E-state index contributed by atoms with van der Waals surface area (Å²) >= 11 is 6.38. The highest BCUT2D eigenvalue weighted by Gasteiger charge is 2.42. The van der Waals surface area contributed by atoms with Gasteiger partial charge in [-0.25, -0.2) is 0 Å². The topological polar surface area (TPSA) is 56.4 Å². The monoisotopic (exact) mass is 480 g/mol. The molecule has 3 saturated heterocycles. The summed E-state index contributed by atoms with van der Waals surface area (Å²) in [5.41, 5.74) is 0.322. The van der Waals surface area contributed by atoms with Gasteiger partial charge in [0.2, 0.25) is 5.91 Å². The van der Waals surface area contributed by atoms with Crippen LogP contribution in [0.1, 0.15) is 79.1 Å². The van der Waals surface area contributed by atoms with E-state index in [2.05, 4.69) is 48.5 Å². The largest absolute Gasteiger partial charge is 0.350 e. The molecule has 0 aromatic carbocycles. The third-order valence-electron chi connectivity index (χ3n) is 9.41. The van der Waals surface area contributed by atoms with E-state index >= 15 is 0 Å². The van der Waals surface area contributed by atoms with E-state index in [1.54, 1.807) is 0 Å². The summed E-state index contributed by atoms with van der Waals surface area (Å²) in [6, 6.07) is 0.691. The molecule has 5 nitrogen and oxygen atoms in total. The van der Waals surface area contributed by atoms with Crippen molar-refractivity contribution in [2.75, 3.05) is 32.7 Å². The van der Waals surface area contributed by atoms with Gasteiger partial charge in [0.15, 0.2) is 0 Å². The molecule has 190 valence electrons. The minimum atomic E-state index is -0.0233. The molecule has 4 aliphatic rings. The zero-order chi connectivity index (χ0) is 23.6. The number of nitrogens with zero attached hydrogens (tertiary/aromatic N) is 1. The maximum absolute atomic E-state index is 13.2. The molecule has 6 heteroatoms. The highest BCUT2D eigenvalue weighted by Crippen LogP contribution is 2.45. The van der Waals surface area contributed by atoms with Crippen molar-refractivity contribution in [2.45, 2.75) is 103 Å². The lowest BCUT2D eigenvalue weighted by Gasteiger charge is -2.49. The zero-order valence-electron chi connectivity index (χ0n) is 21.5. The number of nitrogens with one attached hydrogen (secondary N) is 3. The molecule has 1 aliphatic carbocycles. The van der Waals surface area contributed by atoms with Crippen LogP contribution in [0.5, 0.6) is 0 Å². The Morgan fingerprint density at radius 2 is 1.79 bits per heavy atom. The lowest BCUT2D eigenvalue weighted by Crippen LogP contribution is -2.60. The number of carbonyl (C=O) groups is 1. The predicted molar refractivity (Wildman–Crippen MR) is 138 cm³/mol. The second kappa shape index (κ2) is 11.1. The molecule has 3 unspecified atom stereocenters. The van der Waals surface area contributed by atoms with Gasteiger partial charge in [-0.15, -0.1) is 11.6 Å². The van der Waals surface area contributed by atoms with Gasteiger partial charge in [-0.3, -0.25) is 4.79 Å². The molecular weight excluding hydrogens is 432 g/mol. The number of hydrogen-bond donors (Lipinski definition) is 3. The number of likely N-dealkylation sites (tertiary alicyclic amines) is 1. The maximum atomic E-state index is 13.2. The van der Waals surface area contributed by atoms with Crippen molar-refractivity contribution in [3.8, 4) is 0 Å². The number of rotatable bonds is 6. The van der Waals surface area contributed by atoms with E-state index in [9.17, 15) is 4.79 Å². The molecule has 3 N–H and O–H groups in total. The lowest BCUT2D eigenvalue weighted by atomic mass is 9.64. The van der Waals surface area contributed by atoms with E-state index in [1.165, 1.54) is 32.1 Å². The number of hydrogen-bond acceptors (Lipinski definition) is 4. The summed E-state index contributed by atoms with van der Waals surface area (Å²) in [5.74, 6) is 2.98. The van der Waals surface area contributed by atoms with Gasteiger partial charge in [-0.05, 0) is 100 Å². The van der Waals surface area contributed by atoms with E-state index in [0.717, 1.165) is 63.8 Å². The van der Waals surface area contributed by atoms with Crippen molar-refractivity contribution in [3.63, 3.8) is 0 Å². The van der Waals surface area contributed by atoms with Gasteiger partial charge in [0.1, 0.15) is 0 Å². The van der Waals surface area contributed by atoms with Crippen molar-refractivity contribution < 1.29 is 4.79 Å². The molecule has 0 aromatic rings. The smallest absolute Gasteiger partial charge is 0.237 e. The van der Waals surface area contributed by atoms with Crippen molar-refractivity contribution >= 4 is 17.5 Å². The van der Waals surface area contributed by atoms with Gasteiger partial charge in [0.25, 0.3) is 0 Å². The molecule has 4 fully saturated rings. The van der Waals surface area contributed by atoms with Crippen LogP contribution in [-0.4, -0.2) is 67.0 Å². The Labute approximate surface area is 207 Å². The second-order valence-electron chi connectivity index (χ2n) is 12.6. The Kier molecular flexibility index (Phi) is 8.68. The Balaban J connectivity index is 1.29. The van der Waals surface area contributed by atoms with Gasteiger partial charge in [-0.1, -0.05) is 27.7 Å². The quantitative estimate of drug-likeness (QED) is 0.503. The molecule has 1 amide bonds. The normalized spacial score (nSPS) is 38.5. The number of piperidine rings is 3. The van der Waals surface area contributed by atoms with Gasteiger partial charge < -0.3 is 20.9 Å². The van der Waals surface area contributed by atoms with Crippen LogP contribution in [-0.2, 0) is 4.79 Å². The standard InChI is InChI=1S/C27H49ClN4O/c1-18(2)25(31-26(33)24-10-7-20-15-29-13-11-23(20)30-24)16-32-14-12-22(27(3,4)17-32)19-5-8-21(28)9-6-19/h18-25,29-30H,5-17H2,1-4H3,(H,31,33)/t19?,20?,21?,22-,23?,24?,25+/m1/s1. The Morgan fingerprint density at radius 1 is 1.06 bits per heavy atom. The van der Waals surface area contributed by atoms with Crippen LogP contribution in [0.4, 0.5) is 0 Å². The average Bonchev–Trinajstić information content (AvgIpc) is 2.78. The van der Waals surface area contributed by atoms with E-state index < -0.39 is 0 Å². The number of fused-ring (bicyclic) bond motifs is 1. The highest BCUT2D eigenvalue weighted by atomic mass is 35.5. The summed E-state index contributed by atoms with van der Waals surface area (Å²) in [5, 5.41) is 11.1. The van der Waals surface area contributed by atoms with Crippen LogP contribution in [0.2, 0.25) is 0 Å². The minimum absolute atomic E-state index is 0.0233. The van der Waals surface area contributed by atoms with Gasteiger partial charge in [-0.2, -0.15) is 0 Å². The zero-order valence-corrected chi connectivity index (χ0v) is 22.3. The summed E-state index contributed by atoms with van der Waals surface area (Å²) in [6.45, 7) is 14.9. The van der Waals surface area contributed by atoms with Crippen LogP contribution in [0.3, 0.4) is 0 Å². The number of carbonyl (C=O) groups excluding carboxylic acids is 1. The SMILES string of the molecule is CC(C)[C@H](CN1CC[C@H](C2CCC(Cl)CC2)C(C)(C)C1)NC(=O)C1CCC2CNCCC2N1. The summed E-state index contributed by atoms with van der Waals surface area (Å²) in [7, 11) is 0. The van der Waals surface area contributed by atoms with Gasteiger partial charge >= 0.3 is 0 Å². The Hall–Kier alpha value is -0.360. The third kappa shape index (κ3) is 6.45. The molecule has 0 radical (unpaired) electrons. The predicted octanol–water partition coefficient (Wildman–Crippen LogP) is 4.00. The van der Waals surface area contributed by atoms with Crippen LogP contribution < -0.4 is 16.0 Å². The molecule has 3 heterocycles. The number of halogens is 1. The average molecular weight is 481 g/mol. The summed E-state index contributed by atoms with van der Waals surface area (Å²) in [6.07, 6.45) is 9.53. The lowest BCUT2D eigenvalue weighted by molar-refractivity contribution is -0.125. The fourth-order valence-electron chi connectivity index (χ4n) is 7.36. The van der Waals surface area contributed by atoms with E-state index in [-0.39, 0.29) is 18.0 Å². The van der Waals surface area contributed by atoms with Crippen LogP contribution in [0.25, 0.3) is 0 Å². The Morgan fingerprint density at radius 3 is 2.48 bits per heavy atom. The molecule has 1 saturated carbocycles. The van der Waals surface area contributed by atoms with Crippen LogP contribution in [0, 0.1) is 29.1 Å². The first kappa shape index (κ1) is 25.7. The third-order valence-corrected chi connectivity index (χ3v) is 9.85. The van der Waals surface area contributed by atoms with Crippen LogP contribution >= 0.6 is 11.6 Å². The fourth-order valence-corrected chi connectivity index (χ4v) is 7.61. The first-order valence-corrected chi connectivity index (χ1v) is 14.3. The summed E-state index contributed by atoms with van der Waals surface area (Å²) < 4.78 is 0. The van der Waals surface area contributed by atoms with E-state index in [1.807, 2.05) is 0 Å². The van der Waals surface area contributed by atoms with Crippen molar-refractivity contribution in [1.82, 2.24) is 20.9 Å². The minimum Gasteiger partial charge on any atom is -0.350 e. The summed E-state index contributed by atoms with van der Waals surface area (Å²) in [4.78, 5) is 15.9. The molecule has 0 bridgehead atoms.